The quantitative estimate of drug-likeness (QED) is 0.259. The second kappa shape index (κ2) is 9.66. The molecular weight excluding hydrogens is 436 g/mol. The normalized spacial score (nSPS) is 10.6. The molecule has 0 atom stereocenters. The maximum absolute atomic E-state index is 12.2. The van der Waals surface area contributed by atoms with Gasteiger partial charge in [-0.15, -0.1) is 0 Å². The monoisotopic (exact) mass is 452 g/mol. The summed E-state index contributed by atoms with van der Waals surface area (Å²) < 4.78 is 11.1. The first kappa shape index (κ1) is 20.3. The number of hydrazone groups is 1. The number of esters is 1. The van der Waals surface area contributed by atoms with Crippen molar-refractivity contribution in [1.82, 2.24) is 5.43 Å². The first-order chi connectivity index (χ1) is 14.1. The van der Waals surface area contributed by atoms with Gasteiger partial charge in [0.25, 0.3) is 5.91 Å². The summed E-state index contributed by atoms with van der Waals surface area (Å²) in [7, 11) is 1.54. The van der Waals surface area contributed by atoms with Crippen molar-refractivity contribution >= 4 is 34.0 Å². The zero-order valence-corrected chi connectivity index (χ0v) is 17.0. The van der Waals surface area contributed by atoms with Gasteiger partial charge in [0.15, 0.2) is 0 Å². The van der Waals surface area contributed by atoms with Gasteiger partial charge in [0.05, 0.1) is 18.9 Å². The molecule has 6 nitrogen and oxygen atoms in total. The van der Waals surface area contributed by atoms with E-state index in [4.69, 9.17) is 9.47 Å². The Labute approximate surface area is 176 Å². The number of rotatable bonds is 6. The van der Waals surface area contributed by atoms with E-state index in [1.807, 2.05) is 6.07 Å². The molecule has 1 amide bonds. The van der Waals surface area contributed by atoms with Crippen molar-refractivity contribution in [3.05, 3.63) is 94.0 Å². The number of ether oxygens (including phenoxy) is 2. The molecule has 0 aliphatic carbocycles. The van der Waals surface area contributed by atoms with Crippen molar-refractivity contribution in [3.63, 3.8) is 0 Å². The number of carbonyl (C=O) groups is 2. The molecule has 0 bridgehead atoms. The third-order valence-corrected chi connectivity index (χ3v) is 4.59. The highest BCUT2D eigenvalue weighted by Crippen LogP contribution is 2.19. The third-order valence-electron chi connectivity index (χ3n) is 3.90. The topological polar surface area (TPSA) is 77.0 Å². The molecule has 0 aromatic heterocycles. The van der Waals surface area contributed by atoms with Crippen LogP contribution in [0.1, 0.15) is 26.3 Å². The molecule has 0 radical (unpaired) electrons. The van der Waals surface area contributed by atoms with Crippen molar-refractivity contribution in [2.24, 2.45) is 5.10 Å². The Kier molecular flexibility index (Phi) is 6.76. The van der Waals surface area contributed by atoms with Gasteiger partial charge in [0.1, 0.15) is 11.5 Å². The number of carbonyl (C=O) groups excluding carboxylic acids is 2. The van der Waals surface area contributed by atoms with Crippen LogP contribution in [-0.2, 0) is 0 Å². The lowest BCUT2D eigenvalue weighted by molar-refractivity contribution is 0.0733. The summed E-state index contributed by atoms with van der Waals surface area (Å²) >= 11 is 3.33. The van der Waals surface area contributed by atoms with Crippen LogP contribution in [0.25, 0.3) is 0 Å². The van der Waals surface area contributed by atoms with Crippen LogP contribution in [0.3, 0.4) is 0 Å². The van der Waals surface area contributed by atoms with Gasteiger partial charge in [-0.1, -0.05) is 18.2 Å². The van der Waals surface area contributed by atoms with Crippen LogP contribution in [0.2, 0.25) is 0 Å². The van der Waals surface area contributed by atoms with Gasteiger partial charge in [-0.3, -0.25) is 4.79 Å². The molecule has 0 unspecified atom stereocenters. The van der Waals surface area contributed by atoms with E-state index in [0.717, 1.165) is 5.56 Å². The van der Waals surface area contributed by atoms with Crippen LogP contribution in [0, 0.1) is 0 Å². The first-order valence-electron chi connectivity index (χ1n) is 8.61. The summed E-state index contributed by atoms with van der Waals surface area (Å²) in [6, 6.07) is 20.6. The lowest BCUT2D eigenvalue weighted by atomic mass is 10.2. The molecule has 1 N–H and O–H groups in total. The standard InChI is InChI=1S/C22H17BrN2O4/c1-28-18-6-4-5-16(13-18)21(26)25-24-14-15-9-11-17(12-10-15)29-22(27)19-7-2-3-8-20(19)23/h2-14H,1H3,(H,25,26)/b24-14+. The summed E-state index contributed by atoms with van der Waals surface area (Å²) in [4.78, 5) is 24.3. The van der Waals surface area contributed by atoms with E-state index in [0.29, 0.717) is 27.1 Å². The van der Waals surface area contributed by atoms with Crippen LogP contribution in [0.5, 0.6) is 11.5 Å². The minimum Gasteiger partial charge on any atom is -0.497 e. The molecule has 0 saturated carbocycles. The van der Waals surface area contributed by atoms with Crippen LogP contribution in [-0.4, -0.2) is 25.2 Å². The van der Waals surface area contributed by atoms with Crippen molar-refractivity contribution in [1.29, 1.82) is 0 Å². The minimum atomic E-state index is -0.454. The summed E-state index contributed by atoms with van der Waals surface area (Å²) in [5.74, 6) is 0.196. The zero-order chi connectivity index (χ0) is 20.6. The Morgan fingerprint density at radius 2 is 1.72 bits per heavy atom. The fraction of sp³-hybridized carbons (Fsp3) is 0.0455. The maximum Gasteiger partial charge on any atom is 0.344 e. The first-order valence-corrected chi connectivity index (χ1v) is 9.40. The summed E-state index contributed by atoms with van der Waals surface area (Å²) in [5, 5.41) is 3.94. The Hall–Kier alpha value is -3.45. The van der Waals surface area contributed by atoms with E-state index in [1.54, 1.807) is 66.7 Å². The number of halogens is 1. The zero-order valence-electron chi connectivity index (χ0n) is 15.5. The fourth-order valence-electron chi connectivity index (χ4n) is 2.40. The molecule has 3 rings (SSSR count). The average molecular weight is 453 g/mol. The Bertz CT molecular complexity index is 1050. The van der Waals surface area contributed by atoms with E-state index < -0.39 is 5.97 Å². The largest absolute Gasteiger partial charge is 0.497 e. The Morgan fingerprint density at radius 1 is 0.966 bits per heavy atom. The molecule has 0 aliphatic rings. The van der Waals surface area contributed by atoms with Gasteiger partial charge >= 0.3 is 5.97 Å². The van der Waals surface area contributed by atoms with E-state index in [1.165, 1.54) is 13.3 Å². The molecule has 0 spiro atoms. The number of benzene rings is 3. The second-order valence-corrected chi connectivity index (χ2v) is 6.72. The Balaban J connectivity index is 1.58. The lowest BCUT2D eigenvalue weighted by Crippen LogP contribution is -2.17. The molecule has 3 aromatic rings. The highest BCUT2D eigenvalue weighted by Gasteiger charge is 2.11. The van der Waals surface area contributed by atoms with Crippen molar-refractivity contribution in [2.45, 2.75) is 0 Å². The fourth-order valence-corrected chi connectivity index (χ4v) is 2.85. The van der Waals surface area contributed by atoms with Gasteiger partial charge < -0.3 is 9.47 Å². The Morgan fingerprint density at radius 3 is 2.45 bits per heavy atom. The van der Waals surface area contributed by atoms with Crippen molar-refractivity contribution in [2.75, 3.05) is 7.11 Å². The average Bonchev–Trinajstić information content (AvgIpc) is 2.75. The molecule has 3 aromatic carbocycles. The molecule has 0 aliphatic heterocycles. The smallest absolute Gasteiger partial charge is 0.344 e. The number of methoxy groups -OCH3 is 1. The van der Waals surface area contributed by atoms with Gasteiger partial charge in [-0.05, 0) is 76.1 Å². The highest BCUT2D eigenvalue weighted by atomic mass is 79.9. The van der Waals surface area contributed by atoms with Crippen LogP contribution < -0.4 is 14.9 Å². The predicted molar refractivity (Wildman–Crippen MR) is 114 cm³/mol. The maximum atomic E-state index is 12.2. The number of amides is 1. The summed E-state index contributed by atoms with van der Waals surface area (Å²) in [6.07, 6.45) is 1.50. The van der Waals surface area contributed by atoms with E-state index in [9.17, 15) is 9.59 Å². The van der Waals surface area contributed by atoms with Gasteiger partial charge in [-0.2, -0.15) is 5.10 Å². The number of nitrogens with zero attached hydrogens (tertiary/aromatic N) is 1. The number of hydrogen-bond donors (Lipinski definition) is 1. The second-order valence-electron chi connectivity index (χ2n) is 5.87. The minimum absolute atomic E-state index is 0.348. The molecule has 0 saturated heterocycles. The van der Waals surface area contributed by atoms with Crippen molar-refractivity contribution in [3.8, 4) is 11.5 Å². The molecule has 7 heteroatoms. The number of nitrogens with one attached hydrogen (secondary N) is 1. The molecule has 0 fully saturated rings. The highest BCUT2D eigenvalue weighted by molar-refractivity contribution is 9.10. The predicted octanol–water partition coefficient (Wildman–Crippen LogP) is 4.44. The molecule has 146 valence electrons. The third kappa shape index (κ3) is 5.52. The summed E-state index contributed by atoms with van der Waals surface area (Å²) in [6.45, 7) is 0. The van der Waals surface area contributed by atoms with Crippen molar-refractivity contribution < 1.29 is 19.1 Å². The van der Waals surface area contributed by atoms with Gasteiger partial charge in [0, 0.05) is 10.0 Å². The SMILES string of the molecule is COc1cccc(C(=O)N/N=C/c2ccc(OC(=O)c3ccccc3Br)cc2)c1. The molecule has 0 heterocycles. The van der Waals surface area contributed by atoms with E-state index >= 15 is 0 Å². The molecular formula is C22H17BrN2O4. The van der Waals surface area contributed by atoms with Gasteiger partial charge in [-0.25, -0.2) is 10.2 Å². The lowest BCUT2D eigenvalue weighted by Gasteiger charge is -2.06. The summed E-state index contributed by atoms with van der Waals surface area (Å²) in [5.41, 5.74) is 4.07. The van der Waals surface area contributed by atoms with Crippen LogP contribution in [0.4, 0.5) is 0 Å². The van der Waals surface area contributed by atoms with Crippen LogP contribution in [0.15, 0.2) is 82.4 Å². The van der Waals surface area contributed by atoms with E-state index in [2.05, 4.69) is 26.5 Å². The van der Waals surface area contributed by atoms with Crippen LogP contribution >= 0.6 is 15.9 Å². The number of hydrogen-bond acceptors (Lipinski definition) is 5. The van der Waals surface area contributed by atoms with E-state index in [-0.39, 0.29) is 5.91 Å². The van der Waals surface area contributed by atoms with Gasteiger partial charge in [0.2, 0.25) is 0 Å². The molecule has 29 heavy (non-hydrogen) atoms.